The van der Waals surface area contributed by atoms with Crippen molar-refractivity contribution in [2.75, 3.05) is 13.2 Å². The van der Waals surface area contributed by atoms with E-state index in [1.165, 1.54) is 10.5 Å². The molecule has 4 aliphatic carbocycles. The van der Waals surface area contributed by atoms with Gasteiger partial charge in [-0.3, -0.25) is 4.79 Å². The standard InChI is InChI=1S/C28H38N2O5/c1-4-28(34)14-11-22-20-8-7-18-16-19(9-12-26(18,2)21(20)10-13-27(22,28)3)29-35-17-24(31)30-15-5-6-23(30)25(32)33/h1,16,20-23,34H,5-15,17H2,2-3H3,(H,32,33)/b29-19-/t20?,21?,22?,23?,26-,27-,28+/m0/s1. The van der Waals surface area contributed by atoms with Gasteiger partial charge in [-0.15, -0.1) is 6.42 Å². The van der Waals surface area contributed by atoms with Crippen molar-refractivity contribution in [3.05, 3.63) is 11.6 Å². The first kappa shape index (κ1) is 24.4. The highest BCUT2D eigenvalue weighted by atomic mass is 16.6. The number of aliphatic hydroxyl groups is 1. The quantitative estimate of drug-likeness (QED) is 0.470. The number of allylic oxidation sites excluding steroid dienone is 2. The molecule has 7 heteroatoms. The van der Waals surface area contributed by atoms with Crippen molar-refractivity contribution in [3.63, 3.8) is 0 Å². The molecule has 190 valence electrons. The minimum atomic E-state index is -0.972. The van der Waals surface area contributed by atoms with E-state index in [-0.39, 0.29) is 23.3 Å². The van der Waals surface area contributed by atoms with Crippen molar-refractivity contribution in [2.24, 2.45) is 33.7 Å². The first-order valence-electron chi connectivity index (χ1n) is 13.3. The van der Waals surface area contributed by atoms with Crippen LogP contribution in [0.4, 0.5) is 0 Å². The largest absolute Gasteiger partial charge is 0.480 e. The molecule has 0 bridgehead atoms. The van der Waals surface area contributed by atoms with Crippen LogP contribution >= 0.6 is 0 Å². The highest BCUT2D eigenvalue weighted by Gasteiger charge is 2.63. The number of carboxylic acids is 1. The molecule has 3 saturated carbocycles. The van der Waals surface area contributed by atoms with E-state index in [0.29, 0.717) is 43.6 Å². The molecule has 4 unspecified atom stereocenters. The maximum Gasteiger partial charge on any atom is 0.326 e. The molecule has 2 N–H and O–H groups in total. The molecule has 5 rings (SSSR count). The lowest BCUT2D eigenvalue weighted by atomic mass is 9.46. The van der Waals surface area contributed by atoms with E-state index in [2.05, 4.69) is 31.0 Å². The van der Waals surface area contributed by atoms with Crippen LogP contribution in [0.1, 0.15) is 78.1 Å². The topological polar surface area (TPSA) is 99.4 Å². The zero-order valence-corrected chi connectivity index (χ0v) is 21.0. The number of rotatable bonds is 4. The van der Waals surface area contributed by atoms with Gasteiger partial charge >= 0.3 is 5.97 Å². The van der Waals surface area contributed by atoms with Crippen LogP contribution in [0.3, 0.4) is 0 Å². The smallest absolute Gasteiger partial charge is 0.326 e. The Bertz CT molecular complexity index is 1010. The SMILES string of the molecule is C#C[C@@]1(O)CCC2C3CCC4=C/C(=N\OCC(=O)N5CCCC5C(=O)O)CC[C@]4(C)C3CC[C@@]21C. The summed E-state index contributed by atoms with van der Waals surface area (Å²) < 4.78 is 0. The number of amides is 1. The average Bonchev–Trinajstić information content (AvgIpc) is 3.43. The molecular formula is C28H38N2O5. The Morgan fingerprint density at radius 2 is 1.94 bits per heavy atom. The Kier molecular flexibility index (Phi) is 6.03. The van der Waals surface area contributed by atoms with Gasteiger partial charge in [0.05, 0.1) is 5.71 Å². The summed E-state index contributed by atoms with van der Waals surface area (Å²) in [7, 11) is 0. The van der Waals surface area contributed by atoms with Crippen molar-refractivity contribution < 1.29 is 24.6 Å². The molecule has 0 aromatic heterocycles. The van der Waals surface area contributed by atoms with Crippen molar-refractivity contribution in [1.29, 1.82) is 0 Å². The first-order chi connectivity index (χ1) is 16.6. The number of terminal acetylenes is 1. The minimum Gasteiger partial charge on any atom is -0.480 e. The van der Waals surface area contributed by atoms with E-state index in [9.17, 15) is 19.8 Å². The molecular weight excluding hydrogens is 444 g/mol. The van der Waals surface area contributed by atoms with Crippen LogP contribution in [0, 0.1) is 40.9 Å². The molecule has 0 spiro atoms. The minimum absolute atomic E-state index is 0.125. The lowest BCUT2D eigenvalue weighted by Gasteiger charge is -2.58. The van der Waals surface area contributed by atoms with Gasteiger partial charge in [-0.25, -0.2) is 4.79 Å². The third-order valence-corrected chi connectivity index (χ3v) is 10.6. The monoisotopic (exact) mass is 482 g/mol. The van der Waals surface area contributed by atoms with Crippen LogP contribution in [-0.4, -0.2) is 57.5 Å². The second-order valence-corrected chi connectivity index (χ2v) is 11.9. The van der Waals surface area contributed by atoms with Crippen LogP contribution < -0.4 is 0 Å². The Morgan fingerprint density at radius 3 is 2.69 bits per heavy atom. The zero-order valence-electron chi connectivity index (χ0n) is 21.0. The molecule has 5 aliphatic rings. The molecule has 1 amide bonds. The lowest BCUT2D eigenvalue weighted by molar-refractivity contribution is -0.150. The number of carbonyl (C=O) groups excluding carboxylic acids is 1. The maximum atomic E-state index is 12.4. The highest BCUT2D eigenvalue weighted by Crippen LogP contribution is 2.67. The van der Waals surface area contributed by atoms with E-state index in [4.69, 9.17) is 11.3 Å². The fourth-order valence-electron chi connectivity index (χ4n) is 8.47. The summed E-state index contributed by atoms with van der Waals surface area (Å²) in [5.41, 5.74) is 1.26. The summed E-state index contributed by atoms with van der Waals surface area (Å²) in [5.74, 6) is 3.14. The zero-order chi connectivity index (χ0) is 25.0. The van der Waals surface area contributed by atoms with Gasteiger partial charge in [-0.1, -0.05) is 30.5 Å². The molecule has 0 aromatic carbocycles. The summed E-state index contributed by atoms with van der Waals surface area (Å²) >= 11 is 0. The summed E-state index contributed by atoms with van der Waals surface area (Å²) in [5, 5.41) is 24.7. The maximum absolute atomic E-state index is 12.4. The second kappa shape index (κ2) is 8.65. The Balaban J connectivity index is 1.25. The Labute approximate surface area is 208 Å². The van der Waals surface area contributed by atoms with Crippen LogP contribution in [0.5, 0.6) is 0 Å². The van der Waals surface area contributed by atoms with Gasteiger partial charge in [-0.05, 0) is 93.5 Å². The Morgan fingerprint density at radius 1 is 1.17 bits per heavy atom. The van der Waals surface area contributed by atoms with Crippen molar-refractivity contribution >= 4 is 17.6 Å². The van der Waals surface area contributed by atoms with Gasteiger partial charge in [0.1, 0.15) is 11.6 Å². The predicted molar refractivity (Wildman–Crippen MR) is 131 cm³/mol. The third-order valence-electron chi connectivity index (χ3n) is 10.6. The van der Waals surface area contributed by atoms with Gasteiger partial charge < -0.3 is 20.0 Å². The van der Waals surface area contributed by atoms with Crippen LogP contribution in [0.15, 0.2) is 16.8 Å². The van der Waals surface area contributed by atoms with Gasteiger partial charge in [0.25, 0.3) is 5.91 Å². The summed E-state index contributed by atoms with van der Waals surface area (Å²) in [4.78, 5) is 30.6. The van der Waals surface area contributed by atoms with E-state index in [0.717, 1.165) is 50.7 Å². The number of oxime groups is 1. The highest BCUT2D eigenvalue weighted by molar-refractivity contribution is 5.96. The number of fused-ring (bicyclic) bond motifs is 5. The third kappa shape index (κ3) is 3.71. The molecule has 35 heavy (non-hydrogen) atoms. The number of aliphatic carboxylic acids is 1. The fourth-order valence-corrected chi connectivity index (χ4v) is 8.47. The number of hydrogen-bond acceptors (Lipinski definition) is 5. The number of carbonyl (C=O) groups is 2. The average molecular weight is 483 g/mol. The van der Waals surface area contributed by atoms with Gasteiger partial charge in [0.15, 0.2) is 6.61 Å². The van der Waals surface area contributed by atoms with Gasteiger partial charge in [-0.2, -0.15) is 0 Å². The van der Waals surface area contributed by atoms with E-state index < -0.39 is 17.6 Å². The number of hydrogen-bond donors (Lipinski definition) is 2. The molecule has 1 saturated heterocycles. The number of likely N-dealkylation sites (tertiary alicyclic amines) is 1. The summed E-state index contributed by atoms with van der Waals surface area (Å²) in [6.45, 7) is 4.86. The fraction of sp³-hybridized carbons (Fsp3) is 0.750. The second-order valence-electron chi connectivity index (χ2n) is 11.9. The molecule has 1 heterocycles. The predicted octanol–water partition coefficient (Wildman–Crippen LogP) is 3.76. The first-order valence-corrected chi connectivity index (χ1v) is 13.3. The van der Waals surface area contributed by atoms with E-state index >= 15 is 0 Å². The molecule has 7 atom stereocenters. The number of carboxylic acid groups (broad SMARTS) is 1. The van der Waals surface area contributed by atoms with Crippen LogP contribution in [0.25, 0.3) is 0 Å². The summed E-state index contributed by atoms with van der Waals surface area (Å²) in [6.07, 6.45) is 16.9. The lowest BCUT2D eigenvalue weighted by Crippen LogP contribution is -2.54. The summed E-state index contributed by atoms with van der Waals surface area (Å²) in [6, 6.07) is -0.750. The Hall–Kier alpha value is -2.33. The van der Waals surface area contributed by atoms with E-state index in [1.807, 2.05) is 0 Å². The molecule has 0 radical (unpaired) electrons. The van der Waals surface area contributed by atoms with Crippen LogP contribution in [-0.2, 0) is 14.4 Å². The van der Waals surface area contributed by atoms with Crippen molar-refractivity contribution in [2.45, 2.75) is 89.7 Å². The van der Waals surface area contributed by atoms with Crippen molar-refractivity contribution in [3.8, 4) is 12.3 Å². The molecule has 7 nitrogen and oxygen atoms in total. The molecule has 0 aromatic rings. The van der Waals surface area contributed by atoms with Crippen molar-refractivity contribution in [1.82, 2.24) is 4.90 Å². The van der Waals surface area contributed by atoms with Crippen LogP contribution in [0.2, 0.25) is 0 Å². The van der Waals surface area contributed by atoms with Gasteiger partial charge in [0.2, 0.25) is 0 Å². The normalized spacial score (nSPS) is 43.5. The molecule has 4 fully saturated rings. The van der Waals surface area contributed by atoms with Gasteiger partial charge in [0, 0.05) is 12.0 Å². The molecule has 1 aliphatic heterocycles. The number of nitrogens with zero attached hydrogens (tertiary/aromatic N) is 2. The van der Waals surface area contributed by atoms with E-state index in [1.54, 1.807) is 0 Å².